The lowest BCUT2D eigenvalue weighted by Crippen LogP contribution is -2.44. The largest absolute Gasteiger partial charge is 0.454 e. The van der Waals surface area contributed by atoms with Gasteiger partial charge in [-0.2, -0.15) is 0 Å². The van der Waals surface area contributed by atoms with E-state index in [-0.39, 0.29) is 6.79 Å². The van der Waals surface area contributed by atoms with Crippen LogP contribution in [-0.2, 0) is 13.1 Å². The number of ether oxygens (including phenoxy) is 2. The molecule has 1 N–H and O–H groups in total. The third-order valence-electron chi connectivity index (χ3n) is 3.67. The lowest BCUT2D eigenvalue weighted by atomic mass is 10.1. The van der Waals surface area contributed by atoms with Gasteiger partial charge in [-0.05, 0) is 29.7 Å². The maximum absolute atomic E-state index is 12.9. The Bertz CT molecular complexity index is 447. The van der Waals surface area contributed by atoms with Gasteiger partial charge in [-0.1, -0.05) is 0 Å². The SMILES string of the molecule is FCc1cc(CCN2CCNCC2)c2c(c1)OCO2. The number of nitrogens with one attached hydrogen (secondary N) is 1. The topological polar surface area (TPSA) is 33.7 Å². The summed E-state index contributed by atoms with van der Waals surface area (Å²) >= 11 is 0. The molecule has 0 saturated carbocycles. The van der Waals surface area contributed by atoms with E-state index in [2.05, 4.69) is 10.2 Å². The van der Waals surface area contributed by atoms with E-state index >= 15 is 0 Å². The van der Waals surface area contributed by atoms with Crippen molar-refractivity contribution >= 4 is 0 Å². The van der Waals surface area contributed by atoms with Crippen LogP contribution < -0.4 is 14.8 Å². The Balaban J connectivity index is 1.70. The minimum Gasteiger partial charge on any atom is -0.454 e. The van der Waals surface area contributed by atoms with Crippen molar-refractivity contribution in [2.45, 2.75) is 13.1 Å². The second-order valence-corrected chi connectivity index (χ2v) is 4.96. The highest BCUT2D eigenvalue weighted by molar-refractivity contribution is 5.51. The van der Waals surface area contributed by atoms with Crippen molar-refractivity contribution in [1.82, 2.24) is 10.2 Å². The molecule has 0 spiro atoms. The molecule has 0 radical (unpaired) electrons. The molecule has 3 rings (SSSR count). The summed E-state index contributed by atoms with van der Waals surface area (Å²) in [4.78, 5) is 2.42. The Morgan fingerprint density at radius 2 is 2.05 bits per heavy atom. The summed E-state index contributed by atoms with van der Waals surface area (Å²) in [5.41, 5.74) is 1.72. The highest BCUT2D eigenvalue weighted by Crippen LogP contribution is 2.37. The number of nitrogens with zero attached hydrogens (tertiary/aromatic N) is 1. The summed E-state index contributed by atoms with van der Waals surface area (Å²) < 4.78 is 23.7. The van der Waals surface area contributed by atoms with Crippen molar-refractivity contribution < 1.29 is 13.9 Å². The Morgan fingerprint density at radius 3 is 2.84 bits per heavy atom. The van der Waals surface area contributed by atoms with E-state index in [4.69, 9.17) is 9.47 Å². The fraction of sp³-hybridized carbons (Fsp3) is 0.571. The molecule has 1 aromatic carbocycles. The first-order valence-corrected chi connectivity index (χ1v) is 6.77. The normalized spacial score (nSPS) is 18.8. The Labute approximate surface area is 112 Å². The average molecular weight is 266 g/mol. The number of alkyl halides is 1. The van der Waals surface area contributed by atoms with Gasteiger partial charge in [-0.3, -0.25) is 0 Å². The van der Waals surface area contributed by atoms with E-state index in [0.29, 0.717) is 11.3 Å². The van der Waals surface area contributed by atoms with Gasteiger partial charge in [0.1, 0.15) is 6.67 Å². The zero-order chi connectivity index (χ0) is 13.1. The summed E-state index contributed by atoms with van der Waals surface area (Å²) in [6.45, 7) is 4.99. The van der Waals surface area contributed by atoms with Crippen molar-refractivity contribution in [2.24, 2.45) is 0 Å². The van der Waals surface area contributed by atoms with Gasteiger partial charge in [0.05, 0.1) is 0 Å². The van der Waals surface area contributed by atoms with Crippen LogP contribution in [0.2, 0.25) is 0 Å². The van der Waals surface area contributed by atoms with Crippen LogP contribution in [0.1, 0.15) is 11.1 Å². The molecule has 4 nitrogen and oxygen atoms in total. The van der Waals surface area contributed by atoms with Crippen LogP contribution in [0.15, 0.2) is 12.1 Å². The molecule has 0 aliphatic carbocycles. The molecule has 2 heterocycles. The van der Waals surface area contributed by atoms with Crippen molar-refractivity contribution in [3.05, 3.63) is 23.3 Å². The van der Waals surface area contributed by atoms with E-state index in [9.17, 15) is 4.39 Å². The predicted molar refractivity (Wildman–Crippen MR) is 70.4 cm³/mol. The minimum atomic E-state index is -0.461. The lowest BCUT2D eigenvalue weighted by Gasteiger charge is -2.27. The molecule has 2 aliphatic rings. The van der Waals surface area contributed by atoms with E-state index in [1.54, 1.807) is 6.07 Å². The predicted octanol–water partition coefficient (Wildman–Crippen LogP) is 1.33. The van der Waals surface area contributed by atoms with Gasteiger partial charge >= 0.3 is 0 Å². The van der Waals surface area contributed by atoms with E-state index < -0.39 is 6.67 Å². The van der Waals surface area contributed by atoms with Crippen molar-refractivity contribution in [3.8, 4) is 11.5 Å². The van der Waals surface area contributed by atoms with Crippen LogP contribution in [-0.4, -0.2) is 44.4 Å². The average Bonchev–Trinajstić information content (AvgIpc) is 2.94. The fourth-order valence-electron chi connectivity index (χ4n) is 2.62. The van der Waals surface area contributed by atoms with Gasteiger partial charge in [0.2, 0.25) is 6.79 Å². The second-order valence-electron chi connectivity index (χ2n) is 4.96. The maximum Gasteiger partial charge on any atom is 0.231 e. The van der Waals surface area contributed by atoms with Crippen LogP contribution in [0.4, 0.5) is 4.39 Å². The highest BCUT2D eigenvalue weighted by atomic mass is 19.1. The monoisotopic (exact) mass is 266 g/mol. The quantitative estimate of drug-likeness (QED) is 0.891. The van der Waals surface area contributed by atoms with Gasteiger partial charge in [-0.25, -0.2) is 4.39 Å². The number of rotatable bonds is 4. The molecule has 1 aromatic rings. The van der Waals surface area contributed by atoms with Crippen LogP contribution >= 0.6 is 0 Å². The zero-order valence-electron chi connectivity index (χ0n) is 11.0. The number of fused-ring (bicyclic) bond motifs is 1. The Morgan fingerprint density at radius 1 is 1.21 bits per heavy atom. The molecule has 1 fully saturated rings. The Kier molecular flexibility index (Phi) is 3.84. The van der Waals surface area contributed by atoms with Crippen molar-refractivity contribution in [1.29, 1.82) is 0 Å². The maximum atomic E-state index is 12.9. The van der Waals surface area contributed by atoms with Crippen molar-refractivity contribution in [3.63, 3.8) is 0 Å². The van der Waals surface area contributed by atoms with Crippen molar-refractivity contribution in [2.75, 3.05) is 39.5 Å². The van der Waals surface area contributed by atoms with Crippen LogP contribution in [0.25, 0.3) is 0 Å². The molecule has 0 atom stereocenters. The molecule has 1 saturated heterocycles. The minimum absolute atomic E-state index is 0.242. The van der Waals surface area contributed by atoms with Gasteiger partial charge < -0.3 is 19.7 Å². The number of benzene rings is 1. The van der Waals surface area contributed by atoms with E-state index in [0.717, 1.165) is 50.5 Å². The van der Waals surface area contributed by atoms with Gasteiger partial charge in [-0.15, -0.1) is 0 Å². The number of piperazine rings is 1. The summed E-state index contributed by atoms with van der Waals surface area (Å²) in [7, 11) is 0. The third-order valence-corrected chi connectivity index (χ3v) is 3.67. The van der Waals surface area contributed by atoms with Crippen LogP contribution in [0.3, 0.4) is 0 Å². The van der Waals surface area contributed by atoms with Crippen LogP contribution in [0.5, 0.6) is 11.5 Å². The zero-order valence-corrected chi connectivity index (χ0v) is 11.0. The molecule has 0 bridgehead atoms. The molecule has 19 heavy (non-hydrogen) atoms. The molecule has 104 valence electrons. The summed E-state index contributed by atoms with van der Waals surface area (Å²) in [6.07, 6.45) is 0.875. The summed E-state index contributed by atoms with van der Waals surface area (Å²) in [6, 6.07) is 3.63. The summed E-state index contributed by atoms with van der Waals surface area (Å²) in [5.74, 6) is 1.48. The lowest BCUT2D eigenvalue weighted by molar-refractivity contribution is 0.172. The molecule has 0 amide bonds. The molecule has 0 unspecified atom stereocenters. The number of hydrogen-bond acceptors (Lipinski definition) is 4. The molecular formula is C14H19FN2O2. The van der Waals surface area contributed by atoms with Crippen LogP contribution in [0, 0.1) is 0 Å². The number of halogens is 1. The van der Waals surface area contributed by atoms with Gasteiger partial charge in [0.15, 0.2) is 11.5 Å². The molecule has 0 aromatic heterocycles. The molecule has 5 heteroatoms. The van der Waals surface area contributed by atoms with E-state index in [1.807, 2.05) is 6.07 Å². The molecular weight excluding hydrogens is 247 g/mol. The fourth-order valence-corrected chi connectivity index (χ4v) is 2.62. The highest BCUT2D eigenvalue weighted by Gasteiger charge is 2.20. The third kappa shape index (κ3) is 2.82. The van der Waals surface area contributed by atoms with Gasteiger partial charge in [0.25, 0.3) is 0 Å². The van der Waals surface area contributed by atoms with E-state index in [1.165, 1.54) is 0 Å². The first-order chi connectivity index (χ1) is 9.36. The smallest absolute Gasteiger partial charge is 0.231 e. The number of hydrogen-bond donors (Lipinski definition) is 1. The first-order valence-electron chi connectivity index (χ1n) is 6.77. The summed E-state index contributed by atoms with van der Waals surface area (Å²) in [5, 5.41) is 3.34. The first kappa shape index (κ1) is 12.7. The Hall–Kier alpha value is -1.33. The molecule has 2 aliphatic heterocycles. The standard InChI is InChI=1S/C14H19FN2O2/c15-9-11-7-12(14-13(8-11)18-10-19-14)1-4-17-5-2-16-3-6-17/h7-8,16H,1-6,9-10H2. The second kappa shape index (κ2) is 5.75. The van der Waals surface area contributed by atoms with Gasteiger partial charge in [0, 0.05) is 32.7 Å².